The number of rotatable bonds is 7. The van der Waals surface area contributed by atoms with Crippen molar-refractivity contribution in [1.29, 1.82) is 0 Å². The molecule has 1 fully saturated rings. The largest absolute Gasteiger partial charge is 0.497 e. The molecule has 0 unspecified atom stereocenters. The Labute approximate surface area is 125 Å². The van der Waals surface area contributed by atoms with Gasteiger partial charge in [0.05, 0.1) is 19.1 Å². The molecule has 1 saturated carbocycles. The van der Waals surface area contributed by atoms with Gasteiger partial charge in [-0.3, -0.25) is 9.10 Å². The molecule has 7 heteroatoms. The van der Waals surface area contributed by atoms with Crippen LogP contribution < -0.4 is 14.4 Å². The fourth-order valence-electron chi connectivity index (χ4n) is 1.98. The number of amides is 1. The highest BCUT2D eigenvalue weighted by Crippen LogP contribution is 2.23. The second-order valence-electron chi connectivity index (χ2n) is 5.13. The number of ether oxygens (including phenoxy) is 1. The van der Waals surface area contributed by atoms with E-state index in [0.29, 0.717) is 11.4 Å². The third-order valence-electron chi connectivity index (χ3n) is 3.23. The van der Waals surface area contributed by atoms with Gasteiger partial charge in [0.1, 0.15) is 5.75 Å². The van der Waals surface area contributed by atoms with Crippen LogP contribution in [0.15, 0.2) is 24.3 Å². The molecule has 1 aliphatic carbocycles. The van der Waals surface area contributed by atoms with Gasteiger partial charge < -0.3 is 10.1 Å². The molecule has 0 aliphatic heterocycles. The van der Waals surface area contributed by atoms with Crippen LogP contribution in [0.5, 0.6) is 5.75 Å². The zero-order chi connectivity index (χ0) is 15.5. The van der Waals surface area contributed by atoms with Crippen LogP contribution in [0.3, 0.4) is 0 Å². The Morgan fingerprint density at radius 1 is 1.43 bits per heavy atom. The maximum atomic E-state index is 11.9. The predicted octanol–water partition coefficient (Wildman–Crippen LogP) is 1.13. The number of nitrogens with one attached hydrogen (secondary N) is 1. The van der Waals surface area contributed by atoms with E-state index in [-0.39, 0.29) is 24.9 Å². The summed E-state index contributed by atoms with van der Waals surface area (Å²) in [5.41, 5.74) is 0.496. The number of methoxy groups -OCH3 is 1. The summed E-state index contributed by atoms with van der Waals surface area (Å²) in [6.07, 6.45) is 3.29. The molecule has 0 saturated heterocycles. The first-order chi connectivity index (χ1) is 9.90. The summed E-state index contributed by atoms with van der Waals surface area (Å²) >= 11 is 0. The van der Waals surface area contributed by atoms with Crippen LogP contribution in [0.25, 0.3) is 0 Å². The highest BCUT2D eigenvalue weighted by Gasteiger charge is 2.24. The topological polar surface area (TPSA) is 75.7 Å². The Morgan fingerprint density at radius 3 is 2.71 bits per heavy atom. The highest BCUT2D eigenvalue weighted by atomic mass is 32.2. The number of sulfonamides is 1. The summed E-state index contributed by atoms with van der Waals surface area (Å²) in [6.45, 7) is 0.116. The number of hydrogen-bond donors (Lipinski definition) is 1. The van der Waals surface area contributed by atoms with Crippen molar-refractivity contribution in [2.75, 3.05) is 24.2 Å². The minimum absolute atomic E-state index is 0.116. The van der Waals surface area contributed by atoms with Crippen molar-refractivity contribution in [2.24, 2.45) is 0 Å². The van der Waals surface area contributed by atoms with E-state index in [1.807, 2.05) is 0 Å². The van der Waals surface area contributed by atoms with Crippen molar-refractivity contribution in [2.45, 2.75) is 25.3 Å². The number of carbonyl (C=O) groups is 1. The van der Waals surface area contributed by atoms with Crippen molar-refractivity contribution < 1.29 is 17.9 Å². The quantitative estimate of drug-likeness (QED) is 0.819. The van der Waals surface area contributed by atoms with E-state index >= 15 is 0 Å². The Kier molecular flexibility index (Phi) is 4.72. The van der Waals surface area contributed by atoms with Gasteiger partial charge in [-0.15, -0.1) is 0 Å². The SMILES string of the molecule is COc1cccc(N(CCC(=O)NC2CC2)S(C)(=O)=O)c1. The Balaban J connectivity index is 2.08. The van der Waals surface area contributed by atoms with E-state index in [0.717, 1.165) is 19.1 Å². The minimum Gasteiger partial charge on any atom is -0.497 e. The lowest BCUT2D eigenvalue weighted by atomic mass is 10.3. The van der Waals surface area contributed by atoms with Gasteiger partial charge in [-0.05, 0) is 25.0 Å². The van der Waals surface area contributed by atoms with E-state index < -0.39 is 10.0 Å². The Morgan fingerprint density at radius 2 is 2.14 bits per heavy atom. The first-order valence-corrected chi connectivity index (χ1v) is 8.66. The molecule has 0 spiro atoms. The normalized spacial score (nSPS) is 14.6. The fourth-order valence-corrected chi connectivity index (χ4v) is 2.90. The van der Waals surface area contributed by atoms with E-state index in [1.165, 1.54) is 11.4 Å². The molecule has 21 heavy (non-hydrogen) atoms. The number of carbonyl (C=O) groups excluding carboxylic acids is 1. The van der Waals surface area contributed by atoms with Crippen LogP contribution in [0.4, 0.5) is 5.69 Å². The van der Waals surface area contributed by atoms with E-state index in [1.54, 1.807) is 24.3 Å². The van der Waals surface area contributed by atoms with Crippen LogP contribution in [-0.4, -0.2) is 40.3 Å². The van der Waals surface area contributed by atoms with Crippen LogP contribution in [0.1, 0.15) is 19.3 Å². The lowest BCUT2D eigenvalue weighted by molar-refractivity contribution is -0.121. The summed E-state index contributed by atoms with van der Waals surface area (Å²) in [6, 6.07) is 7.06. The van der Waals surface area contributed by atoms with Crippen LogP contribution >= 0.6 is 0 Å². The van der Waals surface area contributed by atoms with Gasteiger partial charge in [-0.2, -0.15) is 0 Å². The zero-order valence-corrected chi connectivity index (χ0v) is 13.0. The van der Waals surface area contributed by atoms with Crippen LogP contribution in [-0.2, 0) is 14.8 Å². The molecular formula is C14H20N2O4S. The van der Waals surface area contributed by atoms with Crippen LogP contribution in [0, 0.1) is 0 Å². The summed E-state index contributed by atoms with van der Waals surface area (Å²) in [5, 5.41) is 2.85. The number of nitrogens with zero attached hydrogens (tertiary/aromatic N) is 1. The first kappa shape index (κ1) is 15.6. The predicted molar refractivity (Wildman–Crippen MR) is 81.0 cm³/mol. The molecule has 1 aromatic carbocycles. The second-order valence-corrected chi connectivity index (χ2v) is 7.04. The minimum atomic E-state index is -3.45. The van der Waals surface area contributed by atoms with Gasteiger partial charge in [0, 0.05) is 25.1 Å². The first-order valence-electron chi connectivity index (χ1n) is 6.81. The monoisotopic (exact) mass is 312 g/mol. The maximum absolute atomic E-state index is 11.9. The smallest absolute Gasteiger partial charge is 0.232 e. The molecule has 0 heterocycles. The molecule has 116 valence electrons. The van der Waals surface area contributed by atoms with Gasteiger partial charge in [0.2, 0.25) is 15.9 Å². The zero-order valence-electron chi connectivity index (χ0n) is 12.2. The third-order valence-corrected chi connectivity index (χ3v) is 4.42. The molecule has 2 rings (SSSR count). The van der Waals surface area contributed by atoms with Crippen molar-refractivity contribution in [3.8, 4) is 5.75 Å². The van der Waals surface area contributed by atoms with Gasteiger partial charge in [0.25, 0.3) is 0 Å². The molecule has 0 atom stereocenters. The molecular weight excluding hydrogens is 292 g/mol. The molecule has 1 aromatic rings. The molecule has 0 radical (unpaired) electrons. The highest BCUT2D eigenvalue weighted by molar-refractivity contribution is 7.92. The number of anilines is 1. The number of benzene rings is 1. The summed E-state index contributed by atoms with van der Waals surface area (Å²) < 4.78 is 30.2. The standard InChI is InChI=1S/C14H20N2O4S/c1-20-13-5-3-4-12(10-13)16(21(2,18)19)9-8-14(17)15-11-6-7-11/h3-5,10-11H,6-9H2,1-2H3,(H,15,17). The van der Waals surface area contributed by atoms with Crippen molar-refractivity contribution in [3.05, 3.63) is 24.3 Å². The molecule has 1 N–H and O–H groups in total. The molecule has 0 aromatic heterocycles. The lowest BCUT2D eigenvalue weighted by Crippen LogP contribution is -2.35. The molecule has 1 amide bonds. The van der Waals surface area contributed by atoms with Gasteiger partial charge in [-0.25, -0.2) is 8.42 Å². The van der Waals surface area contributed by atoms with Crippen molar-refractivity contribution >= 4 is 21.6 Å². The van der Waals surface area contributed by atoms with Gasteiger partial charge >= 0.3 is 0 Å². The summed E-state index contributed by atoms with van der Waals surface area (Å²) in [4.78, 5) is 11.7. The summed E-state index contributed by atoms with van der Waals surface area (Å²) in [7, 11) is -1.93. The average molecular weight is 312 g/mol. The maximum Gasteiger partial charge on any atom is 0.232 e. The average Bonchev–Trinajstić information content (AvgIpc) is 3.21. The van der Waals surface area contributed by atoms with Gasteiger partial charge in [0.15, 0.2) is 0 Å². The van der Waals surface area contributed by atoms with Crippen molar-refractivity contribution in [1.82, 2.24) is 5.32 Å². The van der Waals surface area contributed by atoms with Gasteiger partial charge in [-0.1, -0.05) is 6.07 Å². The van der Waals surface area contributed by atoms with E-state index in [4.69, 9.17) is 4.74 Å². The Bertz CT molecular complexity index is 611. The van der Waals surface area contributed by atoms with Crippen LogP contribution in [0.2, 0.25) is 0 Å². The number of hydrogen-bond acceptors (Lipinski definition) is 4. The van der Waals surface area contributed by atoms with E-state index in [9.17, 15) is 13.2 Å². The molecule has 1 aliphatic rings. The summed E-state index contributed by atoms with van der Waals surface area (Å²) in [5.74, 6) is 0.456. The molecule has 0 bridgehead atoms. The van der Waals surface area contributed by atoms with Crippen molar-refractivity contribution in [3.63, 3.8) is 0 Å². The second kappa shape index (κ2) is 6.34. The third kappa shape index (κ3) is 4.63. The fraction of sp³-hybridized carbons (Fsp3) is 0.500. The Hall–Kier alpha value is -1.76. The van der Waals surface area contributed by atoms with E-state index in [2.05, 4.69) is 5.32 Å². The lowest BCUT2D eigenvalue weighted by Gasteiger charge is -2.22. The molecule has 6 nitrogen and oxygen atoms in total.